The van der Waals surface area contributed by atoms with Gasteiger partial charge in [0.1, 0.15) is 10.7 Å². The van der Waals surface area contributed by atoms with Gasteiger partial charge in [-0.1, -0.05) is 24.3 Å². The molecule has 1 atom stereocenters. The molecule has 2 heterocycles. The Labute approximate surface area is 114 Å². The van der Waals surface area contributed by atoms with Crippen molar-refractivity contribution in [2.24, 2.45) is 0 Å². The third-order valence-corrected chi connectivity index (χ3v) is 3.64. The van der Waals surface area contributed by atoms with Crippen LogP contribution in [0.15, 0.2) is 41.0 Å². The molecule has 0 aliphatic carbocycles. The van der Waals surface area contributed by atoms with Gasteiger partial charge < -0.3 is 10.4 Å². The molecule has 0 spiro atoms. The minimum absolute atomic E-state index is 0.662. The molecule has 1 aromatic heterocycles. The van der Waals surface area contributed by atoms with Gasteiger partial charge in [0.05, 0.1) is 5.69 Å². The van der Waals surface area contributed by atoms with Crippen LogP contribution >= 0.6 is 15.9 Å². The van der Waals surface area contributed by atoms with E-state index in [1.54, 1.807) is 0 Å². The normalized spacial score (nSPS) is 15.4. The molecule has 1 aliphatic rings. The highest BCUT2D eigenvalue weighted by Gasteiger charge is 2.16. The molecule has 1 aromatic carbocycles. The Balaban J connectivity index is 1.95. The number of aliphatic hydroxyl groups is 1. The van der Waals surface area contributed by atoms with Crippen molar-refractivity contribution in [2.75, 3.05) is 0 Å². The minimum Gasteiger partial charge on any atom is -0.382 e. The van der Waals surface area contributed by atoms with Gasteiger partial charge in [-0.25, -0.2) is 4.98 Å². The van der Waals surface area contributed by atoms with Gasteiger partial charge in [-0.05, 0) is 44.8 Å². The lowest BCUT2D eigenvalue weighted by molar-refractivity contribution is 0.215. The molecule has 0 fully saturated rings. The summed E-state index contributed by atoms with van der Waals surface area (Å²) in [5.74, 6) is 0. The number of benzene rings is 1. The van der Waals surface area contributed by atoms with E-state index in [0.29, 0.717) is 5.69 Å². The second-order valence-corrected chi connectivity index (χ2v) is 5.23. The highest BCUT2D eigenvalue weighted by Crippen LogP contribution is 2.25. The van der Waals surface area contributed by atoms with Crippen LogP contribution in [0.3, 0.4) is 0 Å². The second-order valence-electron chi connectivity index (χ2n) is 4.42. The smallest absolute Gasteiger partial charge is 0.121 e. The molecule has 0 saturated heterocycles. The summed E-state index contributed by atoms with van der Waals surface area (Å²) in [5, 5.41) is 13.6. The van der Waals surface area contributed by atoms with Crippen molar-refractivity contribution in [3.05, 3.63) is 63.4 Å². The van der Waals surface area contributed by atoms with Crippen LogP contribution in [0.4, 0.5) is 0 Å². The second kappa shape index (κ2) is 4.80. The lowest BCUT2D eigenvalue weighted by Crippen LogP contribution is -2.03. The number of aliphatic hydroxyl groups excluding tert-OH is 1. The van der Waals surface area contributed by atoms with Crippen LogP contribution in [0.2, 0.25) is 0 Å². The van der Waals surface area contributed by atoms with E-state index in [2.05, 4.69) is 38.4 Å². The molecule has 3 nitrogen and oxygen atoms in total. The molecule has 92 valence electrons. The number of hydrogen-bond acceptors (Lipinski definition) is 3. The largest absolute Gasteiger partial charge is 0.382 e. The number of rotatable bonds is 2. The Morgan fingerprint density at radius 2 is 2.00 bits per heavy atom. The predicted molar refractivity (Wildman–Crippen MR) is 73.0 cm³/mol. The first-order valence-electron chi connectivity index (χ1n) is 5.87. The lowest BCUT2D eigenvalue weighted by Gasteiger charge is -2.12. The van der Waals surface area contributed by atoms with Gasteiger partial charge in [-0.3, -0.25) is 0 Å². The monoisotopic (exact) mass is 304 g/mol. The molecule has 0 saturated carbocycles. The predicted octanol–water partition coefficient (Wildman–Crippen LogP) is 2.53. The van der Waals surface area contributed by atoms with Crippen LogP contribution in [0, 0.1) is 0 Å². The zero-order valence-corrected chi connectivity index (χ0v) is 11.3. The lowest BCUT2D eigenvalue weighted by atomic mass is 10.0. The number of nitrogens with zero attached hydrogens (tertiary/aromatic N) is 1. The highest BCUT2D eigenvalue weighted by molar-refractivity contribution is 9.10. The van der Waals surface area contributed by atoms with Gasteiger partial charge in [0.25, 0.3) is 0 Å². The van der Waals surface area contributed by atoms with E-state index < -0.39 is 6.10 Å². The zero-order valence-electron chi connectivity index (χ0n) is 9.73. The fourth-order valence-electron chi connectivity index (χ4n) is 2.23. The van der Waals surface area contributed by atoms with E-state index >= 15 is 0 Å². The molecular weight excluding hydrogens is 292 g/mol. The summed E-state index contributed by atoms with van der Waals surface area (Å²) >= 11 is 3.32. The number of aromatic nitrogens is 1. The summed E-state index contributed by atoms with van der Waals surface area (Å²) in [5.41, 5.74) is 4.13. The van der Waals surface area contributed by atoms with Crippen molar-refractivity contribution < 1.29 is 5.11 Å². The van der Waals surface area contributed by atoms with Crippen LogP contribution in [-0.4, -0.2) is 10.1 Å². The van der Waals surface area contributed by atoms with E-state index in [4.69, 9.17) is 0 Å². The Kier molecular flexibility index (Phi) is 3.16. The van der Waals surface area contributed by atoms with Crippen LogP contribution in [-0.2, 0) is 13.1 Å². The van der Waals surface area contributed by atoms with Crippen molar-refractivity contribution in [1.29, 1.82) is 0 Å². The SMILES string of the molecule is OC(c1ccc2c(c1)CNC2)c1cccc(Br)n1. The molecule has 2 N–H and O–H groups in total. The van der Waals surface area contributed by atoms with Crippen molar-refractivity contribution >= 4 is 15.9 Å². The van der Waals surface area contributed by atoms with Gasteiger partial charge in [-0.15, -0.1) is 0 Å². The quantitative estimate of drug-likeness (QED) is 0.838. The molecule has 2 aromatic rings. The number of fused-ring (bicyclic) bond motifs is 1. The standard InChI is InChI=1S/C14H13BrN2O/c15-13-3-1-2-12(17-13)14(18)9-4-5-10-7-16-8-11(10)6-9/h1-6,14,16,18H,7-8H2. The molecular formula is C14H13BrN2O. The van der Waals surface area contributed by atoms with Gasteiger partial charge >= 0.3 is 0 Å². The van der Waals surface area contributed by atoms with Crippen LogP contribution in [0.25, 0.3) is 0 Å². The van der Waals surface area contributed by atoms with Crippen molar-refractivity contribution in [3.63, 3.8) is 0 Å². The van der Waals surface area contributed by atoms with Crippen molar-refractivity contribution in [1.82, 2.24) is 10.3 Å². The number of nitrogens with one attached hydrogen (secondary N) is 1. The van der Waals surface area contributed by atoms with Gasteiger partial charge in [0.2, 0.25) is 0 Å². The van der Waals surface area contributed by atoms with E-state index in [-0.39, 0.29) is 0 Å². The maximum atomic E-state index is 10.3. The van der Waals surface area contributed by atoms with E-state index in [1.165, 1.54) is 11.1 Å². The molecule has 0 amide bonds. The Morgan fingerprint density at radius 1 is 1.17 bits per heavy atom. The fourth-order valence-corrected chi connectivity index (χ4v) is 2.59. The van der Waals surface area contributed by atoms with Gasteiger partial charge in [0, 0.05) is 13.1 Å². The molecule has 18 heavy (non-hydrogen) atoms. The molecule has 0 radical (unpaired) electrons. The average molecular weight is 305 g/mol. The third kappa shape index (κ3) is 2.19. The fraction of sp³-hybridized carbons (Fsp3) is 0.214. The van der Waals surface area contributed by atoms with Gasteiger partial charge in [-0.2, -0.15) is 0 Å². The van der Waals surface area contributed by atoms with E-state index in [9.17, 15) is 5.11 Å². The summed E-state index contributed by atoms with van der Waals surface area (Å²) in [6.07, 6.45) is -0.673. The minimum atomic E-state index is -0.673. The summed E-state index contributed by atoms with van der Waals surface area (Å²) in [6, 6.07) is 11.7. The Hall–Kier alpha value is -1.23. The number of pyridine rings is 1. The van der Waals surface area contributed by atoms with E-state index in [1.807, 2.05) is 24.3 Å². The maximum Gasteiger partial charge on any atom is 0.121 e. The van der Waals surface area contributed by atoms with Gasteiger partial charge in [0.15, 0.2) is 0 Å². The summed E-state index contributed by atoms with van der Waals surface area (Å²) in [4.78, 5) is 4.29. The summed E-state index contributed by atoms with van der Waals surface area (Å²) < 4.78 is 0.738. The van der Waals surface area contributed by atoms with Crippen LogP contribution in [0.5, 0.6) is 0 Å². The first-order chi connectivity index (χ1) is 8.74. The highest BCUT2D eigenvalue weighted by atomic mass is 79.9. The van der Waals surface area contributed by atoms with Crippen LogP contribution in [0.1, 0.15) is 28.5 Å². The molecule has 0 bridgehead atoms. The van der Waals surface area contributed by atoms with Crippen LogP contribution < -0.4 is 5.32 Å². The Morgan fingerprint density at radius 3 is 2.83 bits per heavy atom. The zero-order chi connectivity index (χ0) is 12.5. The molecule has 4 heteroatoms. The van der Waals surface area contributed by atoms with Crippen molar-refractivity contribution in [2.45, 2.75) is 19.2 Å². The topological polar surface area (TPSA) is 45.1 Å². The summed E-state index contributed by atoms with van der Waals surface area (Å²) in [6.45, 7) is 1.79. The maximum absolute atomic E-state index is 10.3. The first-order valence-corrected chi connectivity index (χ1v) is 6.66. The Bertz CT molecular complexity index is 586. The number of halogens is 1. The number of hydrogen-bond donors (Lipinski definition) is 2. The molecule has 1 aliphatic heterocycles. The molecule has 1 unspecified atom stereocenters. The summed E-state index contributed by atoms with van der Waals surface area (Å²) in [7, 11) is 0. The third-order valence-electron chi connectivity index (χ3n) is 3.19. The first kappa shape index (κ1) is 11.8. The average Bonchev–Trinajstić information content (AvgIpc) is 2.85. The molecule has 3 rings (SSSR count). The van der Waals surface area contributed by atoms with E-state index in [0.717, 1.165) is 23.3 Å². The van der Waals surface area contributed by atoms with Crippen molar-refractivity contribution in [3.8, 4) is 0 Å².